The lowest BCUT2D eigenvalue weighted by molar-refractivity contribution is 0.414. The van der Waals surface area contributed by atoms with Gasteiger partial charge in [0, 0.05) is 11.6 Å². The Morgan fingerprint density at radius 1 is 1.50 bits per heavy atom. The van der Waals surface area contributed by atoms with Crippen LogP contribution in [0.5, 0.6) is 5.75 Å². The Hall–Kier alpha value is -1.75. The average Bonchev–Trinajstić information content (AvgIpc) is 2.96. The maximum atomic E-state index is 5.49. The highest BCUT2D eigenvalue weighted by molar-refractivity contribution is 5.19. The van der Waals surface area contributed by atoms with Crippen molar-refractivity contribution < 1.29 is 9.15 Å². The molecule has 0 aliphatic rings. The van der Waals surface area contributed by atoms with Crippen LogP contribution in [0.25, 0.3) is 0 Å². The molecular weight excluding hydrogens is 230 g/mol. The van der Waals surface area contributed by atoms with E-state index in [0.29, 0.717) is 12.6 Å². The van der Waals surface area contributed by atoms with Crippen LogP contribution in [0.3, 0.4) is 0 Å². The van der Waals surface area contributed by atoms with Crippen LogP contribution in [0.4, 0.5) is 0 Å². The van der Waals surface area contributed by atoms with Gasteiger partial charge in [-0.3, -0.25) is 4.68 Å². The summed E-state index contributed by atoms with van der Waals surface area (Å²) < 4.78 is 12.4. The molecule has 0 amide bonds. The fraction of sp³-hybridized carbons (Fsp3) is 0.462. The van der Waals surface area contributed by atoms with E-state index in [1.54, 1.807) is 19.6 Å². The van der Waals surface area contributed by atoms with Gasteiger partial charge in [0.05, 0.1) is 38.9 Å². The summed E-state index contributed by atoms with van der Waals surface area (Å²) in [4.78, 5) is 0. The van der Waals surface area contributed by atoms with E-state index >= 15 is 0 Å². The van der Waals surface area contributed by atoms with Gasteiger partial charge in [0.2, 0.25) is 0 Å². The maximum Gasteiger partial charge on any atom is 0.156 e. The van der Waals surface area contributed by atoms with Crippen molar-refractivity contribution in [3.63, 3.8) is 0 Å². The molecule has 2 aromatic heterocycles. The number of nitrogens with zero attached hydrogens (tertiary/aromatic N) is 2. The van der Waals surface area contributed by atoms with Gasteiger partial charge in [0.25, 0.3) is 0 Å². The molecule has 0 atom stereocenters. The third-order valence-electron chi connectivity index (χ3n) is 2.69. The summed E-state index contributed by atoms with van der Waals surface area (Å²) in [5.74, 6) is 1.72. The summed E-state index contributed by atoms with van der Waals surface area (Å²) in [6.45, 7) is 5.65. The van der Waals surface area contributed by atoms with Crippen molar-refractivity contribution in [1.29, 1.82) is 0 Å². The van der Waals surface area contributed by atoms with Crippen LogP contribution in [0.2, 0.25) is 0 Å². The fourth-order valence-corrected chi connectivity index (χ4v) is 1.67. The van der Waals surface area contributed by atoms with Crippen molar-refractivity contribution >= 4 is 0 Å². The Balaban J connectivity index is 2.02. The van der Waals surface area contributed by atoms with Crippen LogP contribution in [0.15, 0.2) is 29.1 Å². The Morgan fingerprint density at radius 2 is 2.33 bits per heavy atom. The molecule has 0 bridgehead atoms. The first kappa shape index (κ1) is 12.7. The molecule has 2 rings (SSSR count). The summed E-state index contributed by atoms with van der Waals surface area (Å²) in [6.07, 6.45) is 5.28. The van der Waals surface area contributed by atoms with Gasteiger partial charge in [0.1, 0.15) is 5.76 Å². The van der Waals surface area contributed by atoms with Crippen molar-refractivity contribution in [3.05, 3.63) is 36.0 Å². The average molecular weight is 249 g/mol. The van der Waals surface area contributed by atoms with Crippen molar-refractivity contribution in [2.75, 3.05) is 7.11 Å². The molecule has 98 valence electrons. The van der Waals surface area contributed by atoms with Gasteiger partial charge in [0.15, 0.2) is 5.75 Å². The maximum absolute atomic E-state index is 5.49. The lowest BCUT2D eigenvalue weighted by Gasteiger charge is -2.07. The highest BCUT2D eigenvalue weighted by atomic mass is 16.5. The first-order valence-electron chi connectivity index (χ1n) is 6.04. The highest BCUT2D eigenvalue weighted by Crippen LogP contribution is 2.14. The molecule has 2 aromatic rings. The molecule has 2 heterocycles. The number of furan rings is 1. The van der Waals surface area contributed by atoms with Gasteiger partial charge in [-0.05, 0) is 6.07 Å². The van der Waals surface area contributed by atoms with E-state index in [4.69, 9.17) is 9.15 Å². The minimum absolute atomic E-state index is 0.438. The number of nitrogens with one attached hydrogen (secondary N) is 1. The van der Waals surface area contributed by atoms with Crippen molar-refractivity contribution in [2.24, 2.45) is 0 Å². The largest absolute Gasteiger partial charge is 0.493 e. The third-order valence-corrected chi connectivity index (χ3v) is 2.69. The molecule has 5 heteroatoms. The second-order valence-electron chi connectivity index (χ2n) is 4.48. The van der Waals surface area contributed by atoms with E-state index in [1.807, 2.05) is 16.9 Å². The molecule has 1 N–H and O–H groups in total. The molecule has 0 aliphatic carbocycles. The SMILES string of the molecule is COc1cnn(Cc2ccoc2CNC(C)C)c1. The molecule has 5 nitrogen and oxygen atoms in total. The van der Waals surface area contributed by atoms with Crippen LogP contribution < -0.4 is 10.1 Å². The van der Waals surface area contributed by atoms with Crippen LogP contribution in [-0.2, 0) is 13.1 Å². The molecule has 18 heavy (non-hydrogen) atoms. The molecule has 0 fully saturated rings. The zero-order valence-electron chi connectivity index (χ0n) is 11.0. The van der Waals surface area contributed by atoms with Gasteiger partial charge < -0.3 is 14.5 Å². The molecule has 0 aromatic carbocycles. The number of rotatable bonds is 6. The Bertz CT molecular complexity index is 488. The summed E-state index contributed by atoms with van der Waals surface area (Å²) in [5, 5.41) is 7.57. The Morgan fingerprint density at radius 3 is 3.00 bits per heavy atom. The summed E-state index contributed by atoms with van der Waals surface area (Å²) in [7, 11) is 1.64. The molecule has 0 aliphatic heterocycles. The minimum Gasteiger partial charge on any atom is -0.493 e. The lowest BCUT2D eigenvalue weighted by atomic mass is 10.2. The van der Waals surface area contributed by atoms with Gasteiger partial charge in [-0.25, -0.2) is 0 Å². The van der Waals surface area contributed by atoms with Gasteiger partial charge in [-0.1, -0.05) is 13.8 Å². The zero-order chi connectivity index (χ0) is 13.0. The minimum atomic E-state index is 0.438. The Kier molecular flexibility index (Phi) is 4.04. The third kappa shape index (κ3) is 3.13. The standard InChI is InChI=1S/C13H19N3O2/c1-10(2)14-7-13-11(4-5-18-13)8-16-9-12(17-3)6-15-16/h4-6,9-10,14H,7-8H2,1-3H3. The molecule has 0 saturated carbocycles. The molecule has 0 spiro atoms. The van der Waals surface area contributed by atoms with Gasteiger partial charge in [-0.2, -0.15) is 5.10 Å². The predicted molar refractivity (Wildman–Crippen MR) is 68.6 cm³/mol. The zero-order valence-corrected chi connectivity index (χ0v) is 11.0. The van der Waals surface area contributed by atoms with Crippen molar-refractivity contribution in [3.8, 4) is 5.75 Å². The van der Waals surface area contributed by atoms with Crippen molar-refractivity contribution in [1.82, 2.24) is 15.1 Å². The summed E-state index contributed by atoms with van der Waals surface area (Å²) >= 11 is 0. The Labute approximate surface area is 107 Å². The van der Waals surface area contributed by atoms with Gasteiger partial charge >= 0.3 is 0 Å². The highest BCUT2D eigenvalue weighted by Gasteiger charge is 2.08. The monoisotopic (exact) mass is 249 g/mol. The smallest absolute Gasteiger partial charge is 0.156 e. The van der Waals surface area contributed by atoms with E-state index < -0.39 is 0 Å². The van der Waals surface area contributed by atoms with Crippen LogP contribution in [0, 0.1) is 0 Å². The van der Waals surface area contributed by atoms with E-state index in [2.05, 4.69) is 24.3 Å². The predicted octanol–water partition coefficient (Wildman–Crippen LogP) is 2.03. The summed E-state index contributed by atoms with van der Waals surface area (Å²) in [6, 6.07) is 2.42. The molecule has 0 unspecified atom stereocenters. The second-order valence-corrected chi connectivity index (χ2v) is 4.48. The molecule has 0 saturated heterocycles. The van der Waals surface area contributed by atoms with E-state index in [-0.39, 0.29) is 0 Å². The van der Waals surface area contributed by atoms with Crippen molar-refractivity contribution in [2.45, 2.75) is 33.0 Å². The number of hydrogen-bond donors (Lipinski definition) is 1. The van der Waals surface area contributed by atoms with Crippen LogP contribution >= 0.6 is 0 Å². The normalized spacial score (nSPS) is 11.1. The number of aromatic nitrogens is 2. The lowest BCUT2D eigenvalue weighted by Crippen LogP contribution is -2.22. The van der Waals surface area contributed by atoms with Crippen LogP contribution in [0.1, 0.15) is 25.2 Å². The quantitative estimate of drug-likeness (QED) is 0.851. The van der Waals surface area contributed by atoms with Gasteiger partial charge in [-0.15, -0.1) is 0 Å². The number of ether oxygens (including phenoxy) is 1. The van der Waals surface area contributed by atoms with Crippen LogP contribution in [-0.4, -0.2) is 22.9 Å². The fourth-order valence-electron chi connectivity index (χ4n) is 1.67. The molecule has 0 radical (unpaired) electrons. The second kappa shape index (κ2) is 5.73. The van der Waals surface area contributed by atoms with E-state index in [0.717, 1.165) is 23.6 Å². The first-order chi connectivity index (χ1) is 8.69. The number of methoxy groups -OCH3 is 1. The number of hydrogen-bond acceptors (Lipinski definition) is 4. The van der Waals surface area contributed by atoms with E-state index in [1.165, 1.54) is 0 Å². The topological polar surface area (TPSA) is 52.2 Å². The van der Waals surface area contributed by atoms with E-state index in [9.17, 15) is 0 Å². The summed E-state index contributed by atoms with van der Waals surface area (Å²) in [5.41, 5.74) is 1.13. The first-order valence-corrected chi connectivity index (χ1v) is 6.04. The molecular formula is C13H19N3O2.